The minimum Gasteiger partial charge on any atom is -0.481 e. The molecule has 6 nitrogen and oxygen atoms in total. The lowest BCUT2D eigenvalue weighted by Gasteiger charge is -2.17. The van der Waals surface area contributed by atoms with Crippen molar-refractivity contribution in [2.45, 2.75) is 33.1 Å². The summed E-state index contributed by atoms with van der Waals surface area (Å²) in [5.74, 6) is 0.709. The van der Waals surface area contributed by atoms with Crippen molar-refractivity contribution < 1.29 is 14.6 Å². The summed E-state index contributed by atoms with van der Waals surface area (Å²) in [6.07, 6.45) is 4.81. The van der Waals surface area contributed by atoms with Crippen LogP contribution in [0, 0.1) is 5.92 Å². The fraction of sp³-hybridized carbons (Fsp3) is 0.412. The summed E-state index contributed by atoms with van der Waals surface area (Å²) >= 11 is 0. The van der Waals surface area contributed by atoms with Gasteiger partial charge in [-0.3, -0.25) is 4.79 Å². The predicted molar refractivity (Wildman–Crippen MR) is 86.9 cm³/mol. The van der Waals surface area contributed by atoms with Crippen LogP contribution < -0.4 is 10.1 Å². The Labute approximate surface area is 136 Å². The molecule has 2 N–H and O–H groups in total. The molecule has 1 aromatic heterocycles. The number of rotatable bonds is 8. The van der Waals surface area contributed by atoms with Crippen LogP contribution in [-0.4, -0.2) is 33.2 Å². The maximum atomic E-state index is 12.1. The molecule has 2 atom stereocenters. The van der Waals surface area contributed by atoms with Gasteiger partial charge in [0.15, 0.2) is 6.10 Å². The van der Waals surface area contributed by atoms with Gasteiger partial charge in [0.1, 0.15) is 5.75 Å². The minimum absolute atomic E-state index is 0.0520. The first kappa shape index (κ1) is 17.0. The summed E-state index contributed by atoms with van der Waals surface area (Å²) in [6, 6.07) is 7.09. The topological polar surface area (TPSA) is 76.4 Å². The molecule has 1 heterocycles. The third-order valence-electron chi connectivity index (χ3n) is 3.47. The van der Waals surface area contributed by atoms with E-state index in [1.54, 1.807) is 43.7 Å². The second-order valence-corrected chi connectivity index (χ2v) is 5.68. The molecule has 0 aliphatic heterocycles. The lowest BCUT2D eigenvalue weighted by molar-refractivity contribution is -0.127. The SMILES string of the molecule is CC(CNC(=O)C(C)Oc1cccc(CO)c1)Cn1ccnc1. The van der Waals surface area contributed by atoms with Crippen LogP contribution in [0.4, 0.5) is 0 Å². The number of hydrogen-bond acceptors (Lipinski definition) is 4. The largest absolute Gasteiger partial charge is 0.481 e. The first-order valence-corrected chi connectivity index (χ1v) is 7.68. The molecular weight excluding hydrogens is 294 g/mol. The average molecular weight is 317 g/mol. The van der Waals surface area contributed by atoms with Crippen molar-refractivity contribution in [3.63, 3.8) is 0 Å². The number of hydrogen-bond donors (Lipinski definition) is 2. The summed E-state index contributed by atoms with van der Waals surface area (Å²) in [4.78, 5) is 16.1. The van der Waals surface area contributed by atoms with Crippen molar-refractivity contribution in [3.05, 3.63) is 48.5 Å². The molecule has 0 radical (unpaired) electrons. The third-order valence-corrected chi connectivity index (χ3v) is 3.47. The third kappa shape index (κ3) is 5.41. The molecule has 6 heteroatoms. The summed E-state index contributed by atoms with van der Waals surface area (Å²) in [5, 5.41) is 12.0. The Morgan fingerprint density at radius 1 is 1.43 bits per heavy atom. The van der Waals surface area contributed by atoms with Gasteiger partial charge in [-0.15, -0.1) is 0 Å². The molecular formula is C17H23N3O3. The maximum absolute atomic E-state index is 12.1. The molecule has 0 aliphatic carbocycles. The number of nitrogens with zero attached hydrogens (tertiary/aromatic N) is 2. The Hall–Kier alpha value is -2.34. The van der Waals surface area contributed by atoms with Crippen molar-refractivity contribution in [2.75, 3.05) is 6.54 Å². The number of ether oxygens (including phenoxy) is 1. The van der Waals surface area contributed by atoms with Gasteiger partial charge < -0.3 is 19.7 Å². The molecule has 1 aromatic carbocycles. The van der Waals surface area contributed by atoms with Crippen molar-refractivity contribution >= 4 is 5.91 Å². The highest BCUT2D eigenvalue weighted by Gasteiger charge is 2.15. The Morgan fingerprint density at radius 3 is 2.96 bits per heavy atom. The molecule has 2 unspecified atom stereocenters. The lowest BCUT2D eigenvalue weighted by atomic mass is 10.2. The van der Waals surface area contributed by atoms with E-state index in [0.29, 0.717) is 12.3 Å². The zero-order valence-corrected chi connectivity index (χ0v) is 13.5. The average Bonchev–Trinajstić information content (AvgIpc) is 3.05. The number of carbonyl (C=O) groups excluding carboxylic acids is 1. The fourth-order valence-corrected chi connectivity index (χ4v) is 2.21. The van der Waals surface area contributed by atoms with E-state index >= 15 is 0 Å². The maximum Gasteiger partial charge on any atom is 0.260 e. The Bertz CT molecular complexity index is 613. The van der Waals surface area contributed by atoms with Gasteiger partial charge in [-0.05, 0) is 30.5 Å². The number of aliphatic hydroxyl groups is 1. The molecule has 0 bridgehead atoms. The van der Waals surface area contributed by atoms with Crippen LogP contribution in [0.1, 0.15) is 19.4 Å². The van der Waals surface area contributed by atoms with Crippen molar-refractivity contribution in [1.82, 2.24) is 14.9 Å². The summed E-state index contributed by atoms with van der Waals surface area (Å²) < 4.78 is 7.60. The van der Waals surface area contributed by atoms with Crippen LogP contribution in [0.15, 0.2) is 43.0 Å². The van der Waals surface area contributed by atoms with Gasteiger partial charge in [0.25, 0.3) is 5.91 Å². The van der Waals surface area contributed by atoms with Gasteiger partial charge >= 0.3 is 0 Å². The highest BCUT2D eigenvalue weighted by molar-refractivity contribution is 5.80. The monoisotopic (exact) mass is 317 g/mol. The van der Waals surface area contributed by atoms with E-state index in [1.165, 1.54) is 0 Å². The molecule has 2 rings (SSSR count). The van der Waals surface area contributed by atoms with Gasteiger partial charge in [0.05, 0.1) is 12.9 Å². The highest BCUT2D eigenvalue weighted by atomic mass is 16.5. The van der Waals surface area contributed by atoms with Crippen LogP contribution in [0.2, 0.25) is 0 Å². The molecule has 1 amide bonds. The predicted octanol–water partition coefficient (Wildman–Crippen LogP) is 1.60. The van der Waals surface area contributed by atoms with Gasteiger partial charge in [0, 0.05) is 25.5 Å². The Balaban J connectivity index is 1.78. The van der Waals surface area contributed by atoms with E-state index < -0.39 is 6.10 Å². The molecule has 0 saturated heterocycles. The van der Waals surface area contributed by atoms with Gasteiger partial charge in [0.2, 0.25) is 0 Å². The van der Waals surface area contributed by atoms with E-state index in [-0.39, 0.29) is 18.4 Å². The lowest BCUT2D eigenvalue weighted by Crippen LogP contribution is -2.39. The molecule has 2 aromatic rings. The first-order chi connectivity index (χ1) is 11.1. The highest BCUT2D eigenvalue weighted by Crippen LogP contribution is 2.15. The molecule has 0 aliphatic rings. The molecule has 23 heavy (non-hydrogen) atoms. The molecule has 0 spiro atoms. The first-order valence-electron chi connectivity index (χ1n) is 7.68. The van der Waals surface area contributed by atoms with Crippen molar-refractivity contribution in [3.8, 4) is 5.75 Å². The number of aliphatic hydroxyl groups excluding tert-OH is 1. The minimum atomic E-state index is -0.593. The number of nitrogens with one attached hydrogen (secondary N) is 1. The van der Waals surface area contributed by atoms with E-state index in [0.717, 1.165) is 12.1 Å². The summed E-state index contributed by atoms with van der Waals surface area (Å²) in [6.45, 7) is 5.09. The molecule has 0 saturated carbocycles. The second kappa shape index (κ2) is 8.33. The van der Waals surface area contributed by atoms with Crippen LogP contribution >= 0.6 is 0 Å². The Kier molecular flexibility index (Phi) is 6.17. The van der Waals surface area contributed by atoms with Gasteiger partial charge in [-0.2, -0.15) is 0 Å². The van der Waals surface area contributed by atoms with Gasteiger partial charge in [-0.1, -0.05) is 19.1 Å². The van der Waals surface area contributed by atoms with E-state index in [2.05, 4.69) is 17.2 Å². The van der Waals surface area contributed by atoms with Gasteiger partial charge in [-0.25, -0.2) is 4.98 Å². The molecule has 0 fully saturated rings. The quantitative estimate of drug-likeness (QED) is 0.775. The van der Waals surface area contributed by atoms with E-state index in [9.17, 15) is 4.79 Å². The fourth-order valence-electron chi connectivity index (χ4n) is 2.21. The summed E-state index contributed by atoms with van der Waals surface area (Å²) in [5.41, 5.74) is 0.754. The van der Waals surface area contributed by atoms with Crippen LogP contribution in [0.25, 0.3) is 0 Å². The van der Waals surface area contributed by atoms with Crippen LogP contribution in [0.5, 0.6) is 5.75 Å². The smallest absolute Gasteiger partial charge is 0.260 e. The number of benzene rings is 1. The summed E-state index contributed by atoms with van der Waals surface area (Å²) in [7, 11) is 0. The van der Waals surface area contributed by atoms with E-state index in [4.69, 9.17) is 9.84 Å². The Morgan fingerprint density at radius 2 is 2.26 bits per heavy atom. The van der Waals surface area contributed by atoms with Crippen molar-refractivity contribution in [2.24, 2.45) is 5.92 Å². The van der Waals surface area contributed by atoms with Crippen LogP contribution in [0.3, 0.4) is 0 Å². The number of amides is 1. The van der Waals surface area contributed by atoms with Crippen molar-refractivity contribution in [1.29, 1.82) is 0 Å². The number of carbonyl (C=O) groups is 1. The second-order valence-electron chi connectivity index (χ2n) is 5.68. The molecule has 124 valence electrons. The standard InChI is InChI=1S/C17H23N3O3/c1-13(10-20-7-6-18-12-20)9-19-17(22)14(2)23-16-5-3-4-15(8-16)11-21/h3-8,12-14,21H,9-11H2,1-2H3,(H,19,22). The normalized spacial score (nSPS) is 13.3. The zero-order chi connectivity index (χ0) is 16.7. The van der Waals surface area contributed by atoms with E-state index in [1.807, 2.05) is 10.8 Å². The number of imidazole rings is 1. The zero-order valence-electron chi connectivity index (χ0n) is 13.5. The van der Waals surface area contributed by atoms with Crippen LogP contribution in [-0.2, 0) is 17.9 Å². The number of aromatic nitrogens is 2.